The van der Waals surface area contributed by atoms with E-state index in [0.717, 1.165) is 6.54 Å². The molecular weight excluding hydrogens is 200 g/mol. The Morgan fingerprint density at radius 1 is 1.67 bits per heavy atom. The molecule has 6 nitrogen and oxygen atoms in total. The molecule has 0 radical (unpaired) electrons. The smallest absolute Gasteiger partial charge is 0.273 e. The number of β-amino-alcohol motifs (C(OH)–C–C–N with tert-alkyl or cyclic N) is 1. The summed E-state index contributed by atoms with van der Waals surface area (Å²) in [5, 5.41) is 20.9. The van der Waals surface area contributed by atoms with E-state index in [1.165, 1.54) is 19.2 Å². The summed E-state index contributed by atoms with van der Waals surface area (Å²) in [6.45, 7) is 0.792. The minimum Gasteiger partial charge on any atom is -0.497 e. The van der Waals surface area contributed by atoms with E-state index in [1.807, 2.05) is 0 Å². The van der Waals surface area contributed by atoms with Crippen LogP contribution in [0.2, 0.25) is 0 Å². The lowest BCUT2D eigenvalue weighted by molar-refractivity contribution is -0.384. The van der Waals surface area contributed by atoms with E-state index in [0.29, 0.717) is 5.75 Å². The van der Waals surface area contributed by atoms with Crippen molar-refractivity contribution >= 4 is 5.69 Å². The van der Waals surface area contributed by atoms with Crippen molar-refractivity contribution in [2.45, 2.75) is 6.23 Å². The maximum Gasteiger partial charge on any atom is 0.273 e. The highest BCUT2D eigenvalue weighted by Gasteiger charge is 2.13. The highest BCUT2D eigenvalue weighted by Crippen LogP contribution is 2.17. The predicted molar refractivity (Wildman–Crippen MR) is 53.7 cm³/mol. The number of hydrogen-bond acceptors (Lipinski definition) is 5. The second-order valence-corrected chi connectivity index (χ2v) is 2.88. The molecule has 0 saturated carbocycles. The largest absolute Gasteiger partial charge is 0.497 e. The van der Waals surface area contributed by atoms with Gasteiger partial charge in [0, 0.05) is 12.6 Å². The summed E-state index contributed by atoms with van der Waals surface area (Å²) in [4.78, 5) is 9.76. The molecule has 82 valence electrons. The summed E-state index contributed by atoms with van der Waals surface area (Å²) in [7, 11) is 1.47. The van der Waals surface area contributed by atoms with Crippen molar-refractivity contribution in [2.75, 3.05) is 13.7 Å². The number of methoxy groups -OCH3 is 1. The Morgan fingerprint density at radius 3 is 2.67 bits per heavy atom. The number of nitro benzene ring substituents is 1. The molecule has 1 aliphatic heterocycles. The molecule has 0 aliphatic carbocycles. The molecule has 1 aromatic rings. The summed E-state index contributed by atoms with van der Waals surface area (Å²) < 4.78 is 4.80. The second-order valence-electron chi connectivity index (χ2n) is 2.88. The fraction of sp³-hybridized carbons (Fsp3) is 0.333. The number of aliphatic hydroxyl groups excluding tert-OH is 1. The Labute approximate surface area is 86.6 Å². The normalized spacial score (nSPS) is 17.3. The molecular formula is C9H12N2O4. The molecule has 0 spiro atoms. The molecule has 1 fully saturated rings. The molecule has 1 aliphatic rings. The van der Waals surface area contributed by atoms with Crippen molar-refractivity contribution in [1.29, 1.82) is 0 Å². The Hall–Kier alpha value is -1.66. The standard InChI is InChI=1S/C7H7NO3.C2H5NO/c1-11-7-4-2-3-6(5-7)8(9)10;4-2-1-3-2/h2-5H,1H3;2-4H,1H2. The van der Waals surface area contributed by atoms with E-state index in [9.17, 15) is 10.1 Å². The van der Waals surface area contributed by atoms with Crippen molar-refractivity contribution < 1.29 is 14.8 Å². The molecule has 1 unspecified atom stereocenters. The van der Waals surface area contributed by atoms with Crippen molar-refractivity contribution in [3.8, 4) is 5.75 Å². The average Bonchev–Trinajstić information content (AvgIpc) is 3.02. The third kappa shape index (κ3) is 4.39. The van der Waals surface area contributed by atoms with Gasteiger partial charge in [-0.1, -0.05) is 6.07 Å². The van der Waals surface area contributed by atoms with Crippen LogP contribution in [0.25, 0.3) is 0 Å². The zero-order valence-electron chi connectivity index (χ0n) is 8.21. The van der Waals surface area contributed by atoms with Gasteiger partial charge in [0.15, 0.2) is 0 Å². The van der Waals surface area contributed by atoms with Gasteiger partial charge < -0.3 is 9.84 Å². The summed E-state index contributed by atoms with van der Waals surface area (Å²) in [6.07, 6.45) is -0.167. The van der Waals surface area contributed by atoms with Crippen LogP contribution in [0.4, 0.5) is 5.69 Å². The van der Waals surface area contributed by atoms with Crippen molar-refractivity contribution in [2.24, 2.45) is 0 Å². The number of nitrogens with zero attached hydrogens (tertiary/aromatic N) is 1. The number of benzene rings is 1. The molecule has 2 rings (SSSR count). The van der Waals surface area contributed by atoms with E-state index < -0.39 is 4.92 Å². The Kier molecular flexibility index (Phi) is 4.02. The van der Waals surface area contributed by atoms with Gasteiger partial charge >= 0.3 is 0 Å². The third-order valence-corrected chi connectivity index (χ3v) is 1.65. The number of ether oxygens (including phenoxy) is 1. The maximum absolute atomic E-state index is 10.2. The van der Waals surface area contributed by atoms with Gasteiger partial charge in [0.2, 0.25) is 0 Å². The van der Waals surface area contributed by atoms with Crippen LogP contribution in [0.15, 0.2) is 24.3 Å². The van der Waals surface area contributed by atoms with Gasteiger partial charge in [-0.25, -0.2) is 0 Å². The van der Waals surface area contributed by atoms with Crippen LogP contribution in [0, 0.1) is 10.1 Å². The molecule has 2 N–H and O–H groups in total. The summed E-state index contributed by atoms with van der Waals surface area (Å²) in [5.41, 5.74) is 0.0457. The first-order valence-corrected chi connectivity index (χ1v) is 4.33. The zero-order valence-corrected chi connectivity index (χ0v) is 8.21. The minimum absolute atomic E-state index is 0.0457. The van der Waals surface area contributed by atoms with E-state index in [1.54, 1.807) is 12.1 Å². The zero-order chi connectivity index (χ0) is 11.3. The molecule has 1 atom stereocenters. The van der Waals surface area contributed by atoms with Gasteiger partial charge in [-0.3, -0.25) is 15.4 Å². The minimum atomic E-state index is -0.456. The van der Waals surface area contributed by atoms with Gasteiger partial charge in [-0.15, -0.1) is 0 Å². The fourth-order valence-corrected chi connectivity index (χ4v) is 0.777. The number of non-ortho nitro benzene ring substituents is 1. The Balaban J connectivity index is 0.000000234. The van der Waals surface area contributed by atoms with Gasteiger partial charge in [0.05, 0.1) is 18.1 Å². The van der Waals surface area contributed by atoms with Gasteiger partial charge in [-0.2, -0.15) is 0 Å². The SMILES string of the molecule is COc1cccc([N+](=O)[O-])c1.OC1CN1. The molecule has 0 bridgehead atoms. The quantitative estimate of drug-likeness (QED) is 0.423. The van der Waals surface area contributed by atoms with Crippen LogP contribution in [0.1, 0.15) is 0 Å². The first-order valence-electron chi connectivity index (χ1n) is 4.33. The number of hydrogen-bond donors (Lipinski definition) is 2. The number of nitro groups is 1. The summed E-state index contributed by atoms with van der Waals surface area (Å²) in [6, 6.07) is 6.03. The molecule has 1 saturated heterocycles. The van der Waals surface area contributed by atoms with E-state index in [4.69, 9.17) is 9.84 Å². The lowest BCUT2D eigenvalue weighted by atomic mass is 10.3. The highest BCUT2D eigenvalue weighted by molar-refractivity contribution is 5.37. The maximum atomic E-state index is 10.2. The molecule has 1 heterocycles. The number of rotatable bonds is 2. The average molecular weight is 212 g/mol. The van der Waals surface area contributed by atoms with Crippen LogP contribution in [0.3, 0.4) is 0 Å². The van der Waals surface area contributed by atoms with Gasteiger partial charge in [0.1, 0.15) is 12.0 Å². The molecule has 1 aromatic carbocycles. The number of nitrogens with one attached hydrogen (secondary N) is 1. The van der Waals surface area contributed by atoms with E-state index in [-0.39, 0.29) is 11.9 Å². The molecule has 0 aromatic heterocycles. The predicted octanol–water partition coefficient (Wildman–Crippen LogP) is 0.511. The summed E-state index contributed by atoms with van der Waals surface area (Å²) in [5.74, 6) is 0.499. The van der Waals surface area contributed by atoms with Crippen LogP contribution < -0.4 is 10.1 Å². The van der Waals surface area contributed by atoms with Crippen LogP contribution >= 0.6 is 0 Å². The molecule has 15 heavy (non-hydrogen) atoms. The lowest BCUT2D eigenvalue weighted by Gasteiger charge is -1.96. The molecule has 6 heteroatoms. The monoisotopic (exact) mass is 212 g/mol. The highest BCUT2D eigenvalue weighted by atomic mass is 16.6. The topological polar surface area (TPSA) is 94.5 Å². The van der Waals surface area contributed by atoms with Gasteiger partial charge in [-0.05, 0) is 6.07 Å². The van der Waals surface area contributed by atoms with Crippen molar-refractivity contribution in [3.05, 3.63) is 34.4 Å². The van der Waals surface area contributed by atoms with E-state index >= 15 is 0 Å². The lowest BCUT2D eigenvalue weighted by Crippen LogP contribution is -1.88. The molecule has 0 amide bonds. The Morgan fingerprint density at radius 2 is 2.27 bits per heavy atom. The van der Waals surface area contributed by atoms with E-state index in [2.05, 4.69) is 5.32 Å². The Bertz CT molecular complexity index is 339. The van der Waals surface area contributed by atoms with Crippen LogP contribution in [-0.4, -0.2) is 29.9 Å². The number of aliphatic hydroxyl groups is 1. The first-order chi connectivity index (χ1) is 7.13. The van der Waals surface area contributed by atoms with Crippen molar-refractivity contribution in [1.82, 2.24) is 5.32 Å². The fourth-order valence-electron chi connectivity index (χ4n) is 0.777. The van der Waals surface area contributed by atoms with Gasteiger partial charge in [0.25, 0.3) is 5.69 Å². The summed E-state index contributed by atoms with van der Waals surface area (Å²) >= 11 is 0. The van der Waals surface area contributed by atoms with Crippen LogP contribution in [-0.2, 0) is 0 Å². The third-order valence-electron chi connectivity index (χ3n) is 1.65. The first kappa shape index (κ1) is 11.4. The van der Waals surface area contributed by atoms with Crippen LogP contribution in [0.5, 0.6) is 5.75 Å². The second kappa shape index (κ2) is 5.28. The van der Waals surface area contributed by atoms with Crippen molar-refractivity contribution in [3.63, 3.8) is 0 Å².